The van der Waals surface area contributed by atoms with Crippen LogP contribution in [-0.4, -0.2) is 21.4 Å². The molecule has 0 unspecified atom stereocenters. The highest BCUT2D eigenvalue weighted by atomic mass is 16.1. The standard InChI is InChI=1S/C10H16N4O/c1-4-10(2,3)14-9-7(8(11)15)5-12-6-13-9/h5-6H,4H2,1-3H3,(H2,11,15)(H,12,13,14). The Labute approximate surface area is 89.1 Å². The monoisotopic (exact) mass is 208 g/mol. The van der Waals surface area contributed by atoms with Crippen molar-refractivity contribution in [2.45, 2.75) is 32.7 Å². The molecule has 1 amide bonds. The molecule has 0 spiro atoms. The molecule has 0 aliphatic rings. The van der Waals surface area contributed by atoms with Crippen molar-refractivity contribution in [3.8, 4) is 0 Å². The van der Waals surface area contributed by atoms with Crippen LogP contribution in [0.1, 0.15) is 37.6 Å². The molecule has 1 heterocycles. The zero-order valence-electron chi connectivity index (χ0n) is 9.24. The van der Waals surface area contributed by atoms with Crippen LogP contribution >= 0.6 is 0 Å². The molecule has 15 heavy (non-hydrogen) atoms. The van der Waals surface area contributed by atoms with Crippen molar-refractivity contribution in [3.63, 3.8) is 0 Å². The first-order chi connectivity index (χ1) is 6.96. The van der Waals surface area contributed by atoms with Crippen molar-refractivity contribution in [3.05, 3.63) is 18.1 Å². The maximum Gasteiger partial charge on any atom is 0.254 e. The highest BCUT2D eigenvalue weighted by molar-refractivity contribution is 5.97. The highest BCUT2D eigenvalue weighted by Crippen LogP contribution is 2.18. The number of aromatic nitrogens is 2. The molecule has 1 rings (SSSR count). The third-order valence-electron chi connectivity index (χ3n) is 2.32. The van der Waals surface area contributed by atoms with Gasteiger partial charge < -0.3 is 11.1 Å². The molecule has 0 aliphatic carbocycles. The molecule has 5 heteroatoms. The van der Waals surface area contributed by atoms with E-state index in [2.05, 4.69) is 22.2 Å². The molecule has 0 radical (unpaired) electrons. The van der Waals surface area contributed by atoms with Gasteiger partial charge in [-0.1, -0.05) is 6.92 Å². The Bertz CT molecular complexity index is 362. The fraction of sp³-hybridized carbons (Fsp3) is 0.500. The minimum Gasteiger partial charge on any atom is -0.365 e. The fourth-order valence-electron chi connectivity index (χ4n) is 1.02. The highest BCUT2D eigenvalue weighted by Gasteiger charge is 2.18. The van der Waals surface area contributed by atoms with E-state index in [1.54, 1.807) is 0 Å². The summed E-state index contributed by atoms with van der Waals surface area (Å²) in [6, 6.07) is 0. The normalized spacial score (nSPS) is 11.1. The molecule has 0 aliphatic heterocycles. The van der Waals surface area contributed by atoms with Gasteiger partial charge in [-0.15, -0.1) is 0 Å². The van der Waals surface area contributed by atoms with E-state index in [1.807, 2.05) is 13.8 Å². The number of primary amides is 1. The van der Waals surface area contributed by atoms with Crippen LogP contribution in [0.5, 0.6) is 0 Å². The minimum atomic E-state index is -0.523. The Kier molecular flexibility index (Phi) is 3.24. The number of carbonyl (C=O) groups is 1. The van der Waals surface area contributed by atoms with Crippen LogP contribution in [0.15, 0.2) is 12.5 Å². The number of nitrogens with two attached hydrogens (primary N) is 1. The van der Waals surface area contributed by atoms with Gasteiger partial charge in [-0.3, -0.25) is 4.79 Å². The van der Waals surface area contributed by atoms with Crippen molar-refractivity contribution < 1.29 is 4.79 Å². The van der Waals surface area contributed by atoms with Gasteiger partial charge >= 0.3 is 0 Å². The second-order valence-corrected chi connectivity index (χ2v) is 4.01. The first-order valence-electron chi connectivity index (χ1n) is 4.84. The van der Waals surface area contributed by atoms with Crippen LogP contribution in [0.4, 0.5) is 5.82 Å². The fourth-order valence-corrected chi connectivity index (χ4v) is 1.02. The lowest BCUT2D eigenvalue weighted by Gasteiger charge is -2.25. The Morgan fingerprint density at radius 1 is 1.60 bits per heavy atom. The zero-order chi connectivity index (χ0) is 11.5. The zero-order valence-corrected chi connectivity index (χ0v) is 9.24. The molecule has 0 bridgehead atoms. The van der Waals surface area contributed by atoms with Gasteiger partial charge in [0.15, 0.2) is 0 Å². The largest absolute Gasteiger partial charge is 0.365 e. The summed E-state index contributed by atoms with van der Waals surface area (Å²) in [6.45, 7) is 6.11. The molecule has 0 saturated carbocycles. The van der Waals surface area contributed by atoms with E-state index in [0.29, 0.717) is 11.4 Å². The predicted molar refractivity (Wildman–Crippen MR) is 58.5 cm³/mol. The lowest BCUT2D eigenvalue weighted by Crippen LogP contribution is -2.31. The van der Waals surface area contributed by atoms with Crippen molar-refractivity contribution in [1.82, 2.24) is 9.97 Å². The third-order valence-corrected chi connectivity index (χ3v) is 2.32. The molecular formula is C10H16N4O. The Morgan fingerprint density at radius 2 is 2.27 bits per heavy atom. The van der Waals surface area contributed by atoms with Crippen LogP contribution < -0.4 is 11.1 Å². The SMILES string of the molecule is CCC(C)(C)Nc1ncncc1C(N)=O. The average Bonchev–Trinajstić information content (AvgIpc) is 2.18. The van der Waals surface area contributed by atoms with E-state index in [0.717, 1.165) is 6.42 Å². The summed E-state index contributed by atoms with van der Waals surface area (Å²) in [4.78, 5) is 18.9. The average molecular weight is 208 g/mol. The molecule has 1 aromatic heterocycles. The maximum absolute atomic E-state index is 11.1. The van der Waals surface area contributed by atoms with Crippen molar-refractivity contribution in [2.24, 2.45) is 5.73 Å². The molecule has 0 atom stereocenters. The van der Waals surface area contributed by atoms with Crippen LogP contribution in [0.2, 0.25) is 0 Å². The summed E-state index contributed by atoms with van der Waals surface area (Å²) in [7, 11) is 0. The van der Waals surface area contributed by atoms with Gasteiger partial charge in [-0.2, -0.15) is 0 Å². The number of hydrogen-bond acceptors (Lipinski definition) is 4. The van der Waals surface area contributed by atoms with E-state index in [1.165, 1.54) is 12.5 Å². The van der Waals surface area contributed by atoms with Gasteiger partial charge in [0.05, 0.1) is 5.56 Å². The lowest BCUT2D eigenvalue weighted by molar-refractivity contribution is 0.100. The van der Waals surface area contributed by atoms with E-state index in [-0.39, 0.29) is 5.54 Å². The van der Waals surface area contributed by atoms with Crippen LogP contribution in [0, 0.1) is 0 Å². The molecule has 0 aromatic carbocycles. The smallest absolute Gasteiger partial charge is 0.254 e. The summed E-state index contributed by atoms with van der Waals surface area (Å²) >= 11 is 0. The molecule has 5 nitrogen and oxygen atoms in total. The number of rotatable bonds is 4. The number of anilines is 1. The summed E-state index contributed by atoms with van der Waals surface area (Å²) in [5.74, 6) is -0.0330. The predicted octanol–water partition coefficient (Wildman–Crippen LogP) is 1.18. The third kappa shape index (κ3) is 2.90. The molecular weight excluding hydrogens is 192 g/mol. The number of nitrogens with zero attached hydrogens (tertiary/aromatic N) is 2. The first kappa shape index (κ1) is 11.4. The summed E-state index contributed by atoms with van der Waals surface area (Å²) in [5.41, 5.74) is 5.41. The minimum absolute atomic E-state index is 0.126. The Morgan fingerprint density at radius 3 is 2.80 bits per heavy atom. The van der Waals surface area contributed by atoms with Crippen molar-refractivity contribution in [1.29, 1.82) is 0 Å². The number of amides is 1. The van der Waals surface area contributed by atoms with E-state index in [9.17, 15) is 4.79 Å². The van der Waals surface area contributed by atoms with Crippen LogP contribution in [-0.2, 0) is 0 Å². The molecule has 0 saturated heterocycles. The summed E-state index contributed by atoms with van der Waals surface area (Å²) < 4.78 is 0. The number of nitrogens with one attached hydrogen (secondary N) is 1. The first-order valence-corrected chi connectivity index (χ1v) is 4.84. The number of hydrogen-bond donors (Lipinski definition) is 2. The summed E-state index contributed by atoms with van der Waals surface area (Å²) in [5, 5.41) is 3.17. The van der Waals surface area contributed by atoms with Gasteiger partial charge in [-0.05, 0) is 20.3 Å². The topological polar surface area (TPSA) is 80.9 Å². The van der Waals surface area contributed by atoms with E-state index in [4.69, 9.17) is 5.73 Å². The lowest BCUT2D eigenvalue weighted by atomic mass is 10.0. The molecule has 0 fully saturated rings. The van der Waals surface area contributed by atoms with Crippen LogP contribution in [0.25, 0.3) is 0 Å². The second-order valence-electron chi connectivity index (χ2n) is 4.01. The Balaban J connectivity index is 2.99. The van der Waals surface area contributed by atoms with E-state index >= 15 is 0 Å². The van der Waals surface area contributed by atoms with Gasteiger partial charge in [0, 0.05) is 11.7 Å². The van der Waals surface area contributed by atoms with Crippen molar-refractivity contribution >= 4 is 11.7 Å². The second kappa shape index (κ2) is 4.25. The Hall–Kier alpha value is -1.65. The molecule has 3 N–H and O–H groups in total. The number of carbonyl (C=O) groups excluding carboxylic acids is 1. The van der Waals surface area contributed by atoms with Gasteiger partial charge in [-0.25, -0.2) is 9.97 Å². The quantitative estimate of drug-likeness (QED) is 0.778. The van der Waals surface area contributed by atoms with Gasteiger partial charge in [0.2, 0.25) is 0 Å². The van der Waals surface area contributed by atoms with Gasteiger partial charge in [0.1, 0.15) is 12.1 Å². The van der Waals surface area contributed by atoms with E-state index < -0.39 is 5.91 Å². The molecule has 1 aromatic rings. The summed E-state index contributed by atoms with van der Waals surface area (Å²) in [6.07, 6.45) is 3.72. The van der Waals surface area contributed by atoms with Crippen molar-refractivity contribution in [2.75, 3.05) is 5.32 Å². The van der Waals surface area contributed by atoms with Crippen LogP contribution in [0.3, 0.4) is 0 Å². The van der Waals surface area contributed by atoms with Gasteiger partial charge in [0.25, 0.3) is 5.91 Å². The molecule has 82 valence electrons. The maximum atomic E-state index is 11.1.